The molecule has 0 aliphatic heterocycles. The summed E-state index contributed by atoms with van der Waals surface area (Å²) in [5.74, 6) is 0.104. The van der Waals surface area contributed by atoms with E-state index >= 15 is 0 Å². The lowest BCUT2D eigenvalue weighted by atomic mass is 10.0. The molecular formula is C16H15BrClFO2. The van der Waals surface area contributed by atoms with Gasteiger partial charge in [-0.2, -0.15) is 0 Å². The van der Waals surface area contributed by atoms with Gasteiger partial charge in [0.05, 0.1) is 11.6 Å². The molecule has 2 nitrogen and oxygen atoms in total. The maximum atomic E-state index is 14.1. The van der Waals surface area contributed by atoms with Gasteiger partial charge in [-0.05, 0) is 46.1 Å². The second-order valence-corrected chi connectivity index (χ2v) is 5.82. The average Bonchev–Trinajstić information content (AvgIpc) is 2.51. The van der Waals surface area contributed by atoms with Gasteiger partial charge in [-0.1, -0.05) is 36.7 Å². The number of halogens is 3. The maximum absolute atomic E-state index is 14.1. The molecule has 0 radical (unpaired) electrons. The van der Waals surface area contributed by atoms with Gasteiger partial charge < -0.3 is 9.84 Å². The van der Waals surface area contributed by atoms with Crippen molar-refractivity contribution < 1.29 is 14.2 Å². The first-order valence-corrected chi connectivity index (χ1v) is 7.76. The minimum Gasteiger partial charge on any atom is -0.494 e. The minimum absolute atomic E-state index is 0.0329. The van der Waals surface area contributed by atoms with Gasteiger partial charge in [0.2, 0.25) is 0 Å². The Morgan fingerprint density at radius 1 is 1.24 bits per heavy atom. The lowest BCUT2D eigenvalue weighted by Gasteiger charge is -2.14. The van der Waals surface area contributed by atoms with Crippen LogP contribution >= 0.6 is 27.5 Å². The molecule has 5 heteroatoms. The van der Waals surface area contributed by atoms with Gasteiger partial charge in [0.15, 0.2) is 0 Å². The van der Waals surface area contributed by atoms with E-state index in [1.807, 2.05) is 6.92 Å². The fourth-order valence-electron chi connectivity index (χ4n) is 1.90. The van der Waals surface area contributed by atoms with Crippen molar-refractivity contribution in [3.63, 3.8) is 0 Å². The van der Waals surface area contributed by atoms with Crippen molar-refractivity contribution in [2.24, 2.45) is 0 Å². The Labute approximate surface area is 136 Å². The maximum Gasteiger partial charge on any atom is 0.149 e. The first-order chi connectivity index (χ1) is 10.0. The normalized spacial score (nSPS) is 12.2. The fourth-order valence-corrected chi connectivity index (χ4v) is 2.38. The Kier molecular flexibility index (Phi) is 5.62. The molecule has 112 valence electrons. The number of rotatable bonds is 5. The van der Waals surface area contributed by atoms with Crippen molar-refractivity contribution in [1.82, 2.24) is 0 Å². The summed E-state index contributed by atoms with van der Waals surface area (Å²) in [7, 11) is 0. The smallest absolute Gasteiger partial charge is 0.149 e. The summed E-state index contributed by atoms with van der Waals surface area (Å²) < 4.78 is 20.0. The molecule has 0 saturated carbocycles. The predicted octanol–water partition coefficient (Wildman–Crippen LogP) is 5.11. The first kappa shape index (κ1) is 16.3. The molecule has 2 aromatic carbocycles. The van der Waals surface area contributed by atoms with Crippen LogP contribution in [0.4, 0.5) is 4.39 Å². The molecular weight excluding hydrogens is 359 g/mol. The summed E-state index contributed by atoms with van der Waals surface area (Å²) in [6, 6.07) is 10.1. The van der Waals surface area contributed by atoms with Crippen LogP contribution in [-0.2, 0) is 0 Å². The molecule has 0 aliphatic rings. The van der Waals surface area contributed by atoms with Crippen molar-refractivity contribution >= 4 is 27.5 Å². The molecule has 1 unspecified atom stereocenters. The Bertz CT molecular complexity index is 616. The zero-order chi connectivity index (χ0) is 15.4. The van der Waals surface area contributed by atoms with Crippen LogP contribution in [-0.4, -0.2) is 11.7 Å². The van der Waals surface area contributed by atoms with E-state index in [1.54, 1.807) is 30.3 Å². The molecule has 0 spiro atoms. The van der Waals surface area contributed by atoms with E-state index in [1.165, 1.54) is 6.07 Å². The van der Waals surface area contributed by atoms with Gasteiger partial charge in [0, 0.05) is 10.0 Å². The fraction of sp³-hybridized carbons (Fsp3) is 0.250. The molecule has 0 fully saturated rings. The van der Waals surface area contributed by atoms with Gasteiger partial charge in [0.1, 0.15) is 17.7 Å². The predicted molar refractivity (Wildman–Crippen MR) is 85.4 cm³/mol. The molecule has 0 amide bonds. The number of aliphatic hydroxyl groups excluding tert-OH is 1. The van der Waals surface area contributed by atoms with E-state index < -0.39 is 11.9 Å². The molecule has 2 rings (SSSR count). The Balaban J connectivity index is 2.24. The van der Waals surface area contributed by atoms with E-state index in [0.29, 0.717) is 16.6 Å². The molecule has 1 atom stereocenters. The van der Waals surface area contributed by atoms with Gasteiger partial charge in [-0.25, -0.2) is 4.39 Å². The summed E-state index contributed by atoms with van der Waals surface area (Å²) >= 11 is 8.99. The van der Waals surface area contributed by atoms with Crippen LogP contribution in [0, 0.1) is 5.82 Å². The summed E-state index contributed by atoms with van der Waals surface area (Å²) in [6.07, 6.45) is -0.150. The number of aliphatic hydroxyl groups is 1. The number of hydrogen-bond acceptors (Lipinski definition) is 2. The van der Waals surface area contributed by atoms with E-state index in [0.717, 1.165) is 12.2 Å². The highest BCUT2D eigenvalue weighted by Crippen LogP contribution is 2.33. The monoisotopic (exact) mass is 372 g/mol. The van der Waals surface area contributed by atoms with Crippen LogP contribution in [0.1, 0.15) is 30.6 Å². The van der Waals surface area contributed by atoms with Crippen molar-refractivity contribution in [3.8, 4) is 5.75 Å². The molecule has 1 N–H and O–H groups in total. The van der Waals surface area contributed by atoms with Crippen LogP contribution in [0.3, 0.4) is 0 Å². The summed E-state index contributed by atoms with van der Waals surface area (Å²) in [4.78, 5) is 0. The summed E-state index contributed by atoms with van der Waals surface area (Å²) in [5, 5.41) is 10.3. The third-order valence-corrected chi connectivity index (χ3v) is 4.29. The Morgan fingerprint density at radius 2 is 1.90 bits per heavy atom. The highest BCUT2D eigenvalue weighted by Gasteiger charge is 2.18. The molecule has 2 aromatic rings. The Hall–Kier alpha value is -1.10. The first-order valence-electron chi connectivity index (χ1n) is 6.58. The number of benzene rings is 2. The van der Waals surface area contributed by atoms with Gasteiger partial charge in [-0.3, -0.25) is 0 Å². The molecule has 0 aromatic heterocycles. The lowest BCUT2D eigenvalue weighted by molar-refractivity contribution is 0.214. The van der Waals surface area contributed by atoms with Crippen LogP contribution in [0.15, 0.2) is 40.9 Å². The third-order valence-electron chi connectivity index (χ3n) is 3.03. The zero-order valence-electron chi connectivity index (χ0n) is 11.4. The van der Waals surface area contributed by atoms with Gasteiger partial charge >= 0.3 is 0 Å². The highest BCUT2D eigenvalue weighted by atomic mass is 79.9. The second-order valence-electron chi connectivity index (χ2n) is 4.58. The average molecular weight is 374 g/mol. The van der Waals surface area contributed by atoms with Gasteiger partial charge in [-0.15, -0.1) is 0 Å². The topological polar surface area (TPSA) is 29.5 Å². The molecule has 0 bridgehead atoms. The number of ether oxygens (including phenoxy) is 1. The van der Waals surface area contributed by atoms with Crippen LogP contribution in [0.5, 0.6) is 5.75 Å². The molecule has 21 heavy (non-hydrogen) atoms. The molecule has 0 heterocycles. The Morgan fingerprint density at radius 3 is 2.52 bits per heavy atom. The SMILES string of the molecule is CCCOc1ccc(C(O)c2ccc(Br)c(Cl)c2F)cc1. The third kappa shape index (κ3) is 3.76. The second kappa shape index (κ2) is 7.25. The van der Waals surface area contributed by atoms with Gasteiger partial charge in [0.25, 0.3) is 0 Å². The van der Waals surface area contributed by atoms with E-state index in [-0.39, 0.29) is 10.6 Å². The minimum atomic E-state index is -1.07. The van der Waals surface area contributed by atoms with Crippen molar-refractivity contribution in [2.45, 2.75) is 19.4 Å². The largest absolute Gasteiger partial charge is 0.494 e. The molecule has 0 aliphatic carbocycles. The van der Waals surface area contributed by atoms with E-state index in [4.69, 9.17) is 16.3 Å². The summed E-state index contributed by atoms with van der Waals surface area (Å²) in [5.41, 5.74) is 0.724. The lowest BCUT2D eigenvalue weighted by Crippen LogP contribution is -2.03. The van der Waals surface area contributed by atoms with E-state index in [9.17, 15) is 9.50 Å². The van der Waals surface area contributed by atoms with Crippen molar-refractivity contribution in [1.29, 1.82) is 0 Å². The van der Waals surface area contributed by atoms with Crippen molar-refractivity contribution in [3.05, 3.63) is 62.8 Å². The number of hydrogen-bond donors (Lipinski definition) is 1. The van der Waals surface area contributed by atoms with Crippen molar-refractivity contribution in [2.75, 3.05) is 6.61 Å². The standard InChI is InChI=1S/C16H15BrClFO2/c1-2-9-21-11-5-3-10(4-6-11)16(20)12-7-8-13(17)14(18)15(12)19/h3-8,16,20H,2,9H2,1H3. The summed E-state index contributed by atoms with van der Waals surface area (Å²) in [6.45, 7) is 2.66. The van der Waals surface area contributed by atoms with Crippen LogP contribution in [0.25, 0.3) is 0 Å². The molecule has 0 saturated heterocycles. The highest BCUT2D eigenvalue weighted by molar-refractivity contribution is 9.10. The van der Waals surface area contributed by atoms with E-state index in [2.05, 4.69) is 15.9 Å². The van der Waals surface area contributed by atoms with Crippen LogP contribution < -0.4 is 4.74 Å². The quantitative estimate of drug-likeness (QED) is 0.738. The van der Waals surface area contributed by atoms with Crippen LogP contribution in [0.2, 0.25) is 5.02 Å². The zero-order valence-corrected chi connectivity index (χ0v) is 13.8.